The summed E-state index contributed by atoms with van der Waals surface area (Å²) in [5.74, 6) is -1.09. The van der Waals surface area contributed by atoms with Crippen LogP contribution >= 0.6 is 0 Å². The zero-order valence-electron chi connectivity index (χ0n) is 7.56. The molecule has 0 aliphatic rings. The smallest absolute Gasteiger partial charge is 0.284 e. The number of aromatic hydroxyl groups is 1. The molecule has 0 aliphatic carbocycles. The van der Waals surface area contributed by atoms with Gasteiger partial charge in [-0.25, -0.2) is 0 Å². The van der Waals surface area contributed by atoms with Crippen LogP contribution < -0.4 is 11.2 Å². The molecule has 15 heavy (non-hydrogen) atoms. The second kappa shape index (κ2) is 3.13. The number of amides is 1. The number of hydrogen-bond donors (Lipinski definition) is 2. The van der Waals surface area contributed by atoms with Gasteiger partial charge in [0.1, 0.15) is 11.3 Å². The van der Waals surface area contributed by atoms with E-state index in [2.05, 4.69) is 0 Å². The van der Waals surface area contributed by atoms with Crippen molar-refractivity contribution in [1.82, 2.24) is 0 Å². The molecule has 2 aromatic rings. The Morgan fingerprint density at radius 2 is 2.07 bits per heavy atom. The predicted octanol–water partition coefficient (Wildman–Crippen LogP) is 0.597. The van der Waals surface area contributed by atoms with E-state index in [1.165, 1.54) is 18.2 Å². The van der Waals surface area contributed by atoms with Crippen LogP contribution in [0.2, 0.25) is 0 Å². The second-order valence-corrected chi connectivity index (χ2v) is 3.02. The Bertz CT molecular complexity index is 600. The first-order valence-corrected chi connectivity index (χ1v) is 4.14. The van der Waals surface area contributed by atoms with Crippen LogP contribution in [-0.2, 0) is 0 Å². The lowest BCUT2D eigenvalue weighted by Gasteiger charge is -1.99. The topological polar surface area (TPSA) is 93.5 Å². The lowest BCUT2D eigenvalue weighted by atomic mass is 10.2. The van der Waals surface area contributed by atoms with Gasteiger partial charge in [-0.2, -0.15) is 0 Å². The normalized spacial score (nSPS) is 10.4. The third-order valence-corrected chi connectivity index (χ3v) is 1.96. The highest BCUT2D eigenvalue weighted by Crippen LogP contribution is 2.17. The van der Waals surface area contributed by atoms with Crippen molar-refractivity contribution in [3.8, 4) is 5.75 Å². The maximum Gasteiger partial charge on any atom is 0.284 e. The highest BCUT2D eigenvalue weighted by atomic mass is 16.3. The van der Waals surface area contributed by atoms with Crippen molar-refractivity contribution >= 4 is 16.9 Å². The van der Waals surface area contributed by atoms with Crippen molar-refractivity contribution in [1.29, 1.82) is 0 Å². The number of phenols is 1. The minimum Gasteiger partial charge on any atom is -0.508 e. The summed E-state index contributed by atoms with van der Waals surface area (Å²) in [7, 11) is 0. The molecule has 1 amide bonds. The Kier molecular flexibility index (Phi) is 1.93. The molecule has 5 heteroatoms. The van der Waals surface area contributed by atoms with Crippen LogP contribution in [0.3, 0.4) is 0 Å². The molecule has 76 valence electrons. The van der Waals surface area contributed by atoms with Crippen molar-refractivity contribution in [3.63, 3.8) is 0 Å². The van der Waals surface area contributed by atoms with Gasteiger partial charge in [-0.1, -0.05) is 0 Å². The Morgan fingerprint density at radius 1 is 1.33 bits per heavy atom. The first-order valence-electron chi connectivity index (χ1n) is 4.14. The van der Waals surface area contributed by atoms with Gasteiger partial charge in [-0.15, -0.1) is 0 Å². The highest BCUT2D eigenvalue weighted by molar-refractivity contribution is 5.91. The third-order valence-electron chi connectivity index (χ3n) is 1.96. The summed E-state index contributed by atoms with van der Waals surface area (Å²) in [5.41, 5.74) is 4.74. The first kappa shape index (κ1) is 9.26. The van der Waals surface area contributed by atoms with Crippen molar-refractivity contribution in [2.75, 3.05) is 0 Å². The van der Waals surface area contributed by atoms with E-state index in [9.17, 15) is 14.7 Å². The summed E-state index contributed by atoms with van der Waals surface area (Å²) in [6.07, 6.45) is 0. The van der Waals surface area contributed by atoms with Crippen LogP contribution in [0.15, 0.2) is 33.5 Å². The van der Waals surface area contributed by atoms with Gasteiger partial charge in [0.25, 0.3) is 5.91 Å². The van der Waals surface area contributed by atoms with Gasteiger partial charge in [0.15, 0.2) is 11.2 Å². The third kappa shape index (κ3) is 1.54. The molecule has 0 fully saturated rings. The average Bonchev–Trinajstić information content (AvgIpc) is 2.16. The van der Waals surface area contributed by atoms with Crippen LogP contribution in [-0.4, -0.2) is 11.0 Å². The molecule has 0 bridgehead atoms. The number of hydrogen-bond acceptors (Lipinski definition) is 4. The van der Waals surface area contributed by atoms with E-state index in [0.717, 1.165) is 6.07 Å². The van der Waals surface area contributed by atoms with Gasteiger partial charge >= 0.3 is 0 Å². The molecule has 0 saturated heterocycles. The minimum atomic E-state index is -0.822. The molecule has 0 aliphatic heterocycles. The van der Waals surface area contributed by atoms with E-state index >= 15 is 0 Å². The summed E-state index contributed by atoms with van der Waals surface area (Å²) >= 11 is 0. The van der Waals surface area contributed by atoms with E-state index in [0.29, 0.717) is 0 Å². The number of rotatable bonds is 1. The Morgan fingerprint density at radius 3 is 2.73 bits per heavy atom. The molecule has 0 atom stereocenters. The fraction of sp³-hybridized carbons (Fsp3) is 0. The van der Waals surface area contributed by atoms with Crippen molar-refractivity contribution in [3.05, 3.63) is 40.2 Å². The standard InChI is InChI=1S/C10H7NO4/c11-10(14)9-4-7(13)6-2-1-5(12)3-8(6)15-9/h1-4,12H,(H2,11,14). The largest absolute Gasteiger partial charge is 0.508 e. The zero-order valence-corrected chi connectivity index (χ0v) is 7.56. The molecule has 1 aromatic heterocycles. The summed E-state index contributed by atoms with van der Waals surface area (Å²) in [6.45, 7) is 0. The number of benzene rings is 1. The van der Waals surface area contributed by atoms with Gasteiger partial charge in [0.2, 0.25) is 0 Å². The van der Waals surface area contributed by atoms with Crippen LogP contribution in [0.5, 0.6) is 5.75 Å². The quantitative estimate of drug-likeness (QED) is 0.712. The zero-order chi connectivity index (χ0) is 11.0. The monoisotopic (exact) mass is 205 g/mol. The number of primary amides is 1. The van der Waals surface area contributed by atoms with Gasteiger partial charge in [0.05, 0.1) is 5.39 Å². The maximum atomic E-state index is 11.5. The molecular weight excluding hydrogens is 198 g/mol. The second-order valence-electron chi connectivity index (χ2n) is 3.02. The molecule has 0 radical (unpaired) electrons. The van der Waals surface area contributed by atoms with E-state index in [1.54, 1.807) is 0 Å². The Hall–Kier alpha value is -2.30. The Balaban J connectivity index is 2.85. The number of phenolic OH excluding ortho intramolecular Hbond substituents is 1. The van der Waals surface area contributed by atoms with Crippen molar-refractivity contribution in [2.45, 2.75) is 0 Å². The van der Waals surface area contributed by atoms with Crippen LogP contribution in [0.1, 0.15) is 10.6 Å². The van der Waals surface area contributed by atoms with Gasteiger partial charge in [0, 0.05) is 12.1 Å². The SMILES string of the molecule is NC(=O)c1cc(=O)c2ccc(O)cc2o1. The molecule has 0 spiro atoms. The molecular formula is C10H7NO4. The number of carbonyl (C=O) groups is 1. The molecule has 1 aromatic carbocycles. The summed E-state index contributed by atoms with van der Waals surface area (Å²) < 4.78 is 5.05. The summed E-state index contributed by atoms with van der Waals surface area (Å²) in [5, 5.41) is 9.46. The van der Waals surface area contributed by atoms with Gasteiger partial charge in [-0.3, -0.25) is 9.59 Å². The van der Waals surface area contributed by atoms with Crippen LogP contribution in [0.4, 0.5) is 0 Å². The van der Waals surface area contributed by atoms with Crippen LogP contribution in [0, 0.1) is 0 Å². The van der Waals surface area contributed by atoms with E-state index in [-0.39, 0.29) is 27.9 Å². The first-order chi connectivity index (χ1) is 7.08. The lowest BCUT2D eigenvalue weighted by Crippen LogP contribution is -2.14. The molecule has 0 saturated carbocycles. The number of carbonyl (C=O) groups excluding carboxylic acids is 1. The van der Waals surface area contributed by atoms with Gasteiger partial charge in [-0.05, 0) is 12.1 Å². The fourth-order valence-electron chi connectivity index (χ4n) is 1.27. The average molecular weight is 205 g/mol. The Labute approximate surface area is 83.7 Å². The molecule has 0 unspecified atom stereocenters. The summed E-state index contributed by atoms with van der Waals surface area (Å²) in [4.78, 5) is 22.3. The number of fused-ring (bicyclic) bond motifs is 1. The fourth-order valence-corrected chi connectivity index (χ4v) is 1.27. The molecule has 2 rings (SSSR count). The molecule has 3 N–H and O–H groups in total. The number of nitrogens with two attached hydrogens (primary N) is 1. The highest BCUT2D eigenvalue weighted by Gasteiger charge is 2.08. The lowest BCUT2D eigenvalue weighted by molar-refractivity contribution is 0.0974. The minimum absolute atomic E-state index is 0.0488. The van der Waals surface area contributed by atoms with Gasteiger partial charge < -0.3 is 15.3 Å². The predicted molar refractivity (Wildman–Crippen MR) is 52.7 cm³/mol. The molecule has 1 heterocycles. The van der Waals surface area contributed by atoms with Crippen molar-refractivity contribution < 1.29 is 14.3 Å². The van der Waals surface area contributed by atoms with Crippen molar-refractivity contribution in [2.24, 2.45) is 5.73 Å². The molecule has 5 nitrogen and oxygen atoms in total. The van der Waals surface area contributed by atoms with E-state index < -0.39 is 5.91 Å². The maximum absolute atomic E-state index is 11.5. The van der Waals surface area contributed by atoms with E-state index in [1.807, 2.05) is 0 Å². The van der Waals surface area contributed by atoms with E-state index in [4.69, 9.17) is 10.2 Å². The summed E-state index contributed by atoms with van der Waals surface area (Å²) in [6, 6.07) is 5.06. The van der Waals surface area contributed by atoms with Crippen LogP contribution in [0.25, 0.3) is 11.0 Å².